The van der Waals surface area contributed by atoms with Crippen molar-refractivity contribution in [3.63, 3.8) is 0 Å². The van der Waals surface area contributed by atoms with Gasteiger partial charge in [0, 0.05) is 24.8 Å². The summed E-state index contributed by atoms with van der Waals surface area (Å²) in [5.74, 6) is 1.57. The van der Waals surface area contributed by atoms with Gasteiger partial charge >= 0.3 is 0 Å². The van der Waals surface area contributed by atoms with Crippen LogP contribution in [-0.4, -0.2) is 37.2 Å². The molecular weight excluding hydrogens is 276 g/mol. The number of nitrogens with zero attached hydrogens (tertiary/aromatic N) is 3. The summed E-state index contributed by atoms with van der Waals surface area (Å²) in [4.78, 5) is 11.0. The molecule has 0 saturated carbocycles. The van der Waals surface area contributed by atoms with Crippen LogP contribution in [0.3, 0.4) is 0 Å². The minimum atomic E-state index is -3.22. The first kappa shape index (κ1) is 15.2. The fraction of sp³-hybridized carbons (Fsp3) is 0.692. The van der Waals surface area contributed by atoms with Crippen molar-refractivity contribution in [3.05, 3.63) is 17.6 Å². The normalized spacial score (nSPS) is 15.8. The number of aryl methyl sites for hydroxylation is 1. The average molecular weight is 298 g/mol. The Hall–Kier alpha value is -1.21. The number of nitrogens with one attached hydrogen (secondary N) is 1. The van der Waals surface area contributed by atoms with Gasteiger partial charge < -0.3 is 4.90 Å². The van der Waals surface area contributed by atoms with E-state index in [9.17, 15) is 8.42 Å². The van der Waals surface area contributed by atoms with Crippen molar-refractivity contribution < 1.29 is 8.42 Å². The van der Waals surface area contributed by atoms with Gasteiger partial charge in [0.15, 0.2) is 0 Å². The van der Waals surface area contributed by atoms with Crippen LogP contribution in [0.5, 0.6) is 0 Å². The molecule has 1 aromatic heterocycles. The molecule has 0 atom stereocenters. The van der Waals surface area contributed by atoms with Crippen molar-refractivity contribution in [2.75, 3.05) is 23.7 Å². The van der Waals surface area contributed by atoms with Crippen LogP contribution in [0.1, 0.15) is 37.7 Å². The highest BCUT2D eigenvalue weighted by Crippen LogP contribution is 2.18. The summed E-state index contributed by atoms with van der Waals surface area (Å²) in [5.41, 5.74) is 0.867. The van der Waals surface area contributed by atoms with Crippen LogP contribution in [0.2, 0.25) is 0 Å². The van der Waals surface area contributed by atoms with Gasteiger partial charge in [-0.25, -0.2) is 23.1 Å². The highest BCUT2D eigenvalue weighted by molar-refractivity contribution is 7.89. The molecule has 0 aromatic carbocycles. The lowest BCUT2D eigenvalue weighted by Gasteiger charge is -2.17. The molecule has 2 heterocycles. The maximum atomic E-state index is 11.7. The first-order chi connectivity index (χ1) is 9.50. The van der Waals surface area contributed by atoms with Crippen molar-refractivity contribution >= 4 is 15.8 Å². The lowest BCUT2D eigenvalue weighted by Crippen LogP contribution is -2.27. The second-order valence-corrected chi connectivity index (χ2v) is 7.04. The third-order valence-electron chi connectivity index (χ3n) is 3.24. The molecule has 20 heavy (non-hydrogen) atoms. The standard InChI is InChI=1S/C13H22N4O2S/c1-3-8-20(18,19)14-10-12-15-11(2)9-13(16-12)17-6-4-5-7-17/h9,14H,3-8,10H2,1-2H3. The molecule has 7 heteroatoms. The Labute approximate surface area is 120 Å². The molecule has 6 nitrogen and oxygen atoms in total. The van der Waals surface area contributed by atoms with Gasteiger partial charge in [0.2, 0.25) is 10.0 Å². The smallest absolute Gasteiger partial charge is 0.211 e. The number of hydrogen-bond donors (Lipinski definition) is 1. The van der Waals surface area contributed by atoms with E-state index in [1.807, 2.05) is 19.9 Å². The van der Waals surface area contributed by atoms with Crippen LogP contribution >= 0.6 is 0 Å². The number of anilines is 1. The Bertz CT molecular complexity index is 553. The van der Waals surface area contributed by atoms with E-state index in [0.717, 1.165) is 24.6 Å². The quantitative estimate of drug-likeness (QED) is 0.854. The molecule has 1 aromatic rings. The van der Waals surface area contributed by atoms with Crippen LogP contribution in [0.4, 0.5) is 5.82 Å². The summed E-state index contributed by atoms with van der Waals surface area (Å²) in [5, 5.41) is 0. The van der Waals surface area contributed by atoms with Gasteiger partial charge in [0.25, 0.3) is 0 Å². The van der Waals surface area contributed by atoms with E-state index in [1.165, 1.54) is 12.8 Å². The summed E-state index contributed by atoms with van der Waals surface area (Å²) in [6, 6.07) is 1.95. The Morgan fingerprint density at radius 3 is 2.65 bits per heavy atom. The van der Waals surface area contributed by atoms with Crippen molar-refractivity contribution in [2.45, 2.75) is 39.7 Å². The Morgan fingerprint density at radius 1 is 1.30 bits per heavy atom. The second-order valence-electron chi connectivity index (χ2n) is 5.12. The zero-order valence-corrected chi connectivity index (χ0v) is 12.9. The van der Waals surface area contributed by atoms with Crippen LogP contribution in [0, 0.1) is 6.92 Å². The molecule has 0 unspecified atom stereocenters. The Kier molecular flexibility index (Phi) is 4.93. The van der Waals surface area contributed by atoms with E-state index in [0.29, 0.717) is 12.2 Å². The van der Waals surface area contributed by atoms with Crippen LogP contribution in [0.15, 0.2) is 6.07 Å². The first-order valence-corrected chi connectivity index (χ1v) is 8.72. The lowest BCUT2D eigenvalue weighted by molar-refractivity contribution is 0.577. The molecule has 2 rings (SSSR count). The van der Waals surface area contributed by atoms with Crippen LogP contribution in [0.25, 0.3) is 0 Å². The maximum absolute atomic E-state index is 11.7. The van der Waals surface area contributed by atoms with Gasteiger partial charge in [-0.2, -0.15) is 0 Å². The topological polar surface area (TPSA) is 75.2 Å². The monoisotopic (exact) mass is 298 g/mol. The van der Waals surface area contributed by atoms with Crippen molar-refractivity contribution in [1.29, 1.82) is 0 Å². The number of rotatable bonds is 6. The molecule has 0 bridgehead atoms. The van der Waals surface area contributed by atoms with Gasteiger partial charge in [-0.15, -0.1) is 0 Å². The van der Waals surface area contributed by atoms with Crippen molar-refractivity contribution in [2.24, 2.45) is 0 Å². The van der Waals surface area contributed by atoms with Gasteiger partial charge in [0.05, 0.1) is 12.3 Å². The summed E-state index contributed by atoms with van der Waals surface area (Å²) >= 11 is 0. The minimum Gasteiger partial charge on any atom is -0.357 e. The van der Waals surface area contributed by atoms with E-state index < -0.39 is 10.0 Å². The molecule has 1 N–H and O–H groups in total. The largest absolute Gasteiger partial charge is 0.357 e. The maximum Gasteiger partial charge on any atom is 0.211 e. The SMILES string of the molecule is CCCS(=O)(=O)NCc1nc(C)cc(N2CCCC2)n1. The molecule has 1 aliphatic rings. The van der Waals surface area contributed by atoms with E-state index in [1.54, 1.807) is 0 Å². The minimum absolute atomic E-state index is 0.137. The molecule has 1 aliphatic heterocycles. The molecule has 1 saturated heterocycles. The van der Waals surface area contributed by atoms with Crippen molar-refractivity contribution in [1.82, 2.24) is 14.7 Å². The molecule has 0 radical (unpaired) electrons. The van der Waals surface area contributed by atoms with E-state index in [-0.39, 0.29) is 12.3 Å². The van der Waals surface area contributed by atoms with Crippen LogP contribution in [-0.2, 0) is 16.6 Å². The predicted molar refractivity (Wildman–Crippen MR) is 79.1 cm³/mol. The van der Waals surface area contributed by atoms with E-state index >= 15 is 0 Å². The highest BCUT2D eigenvalue weighted by Gasteiger charge is 2.16. The number of aromatic nitrogens is 2. The predicted octanol–water partition coefficient (Wildman–Crippen LogP) is 1.21. The summed E-state index contributed by atoms with van der Waals surface area (Å²) < 4.78 is 25.9. The zero-order valence-electron chi connectivity index (χ0n) is 12.1. The molecule has 1 fully saturated rings. The zero-order chi connectivity index (χ0) is 14.6. The lowest BCUT2D eigenvalue weighted by atomic mass is 10.4. The van der Waals surface area contributed by atoms with E-state index in [2.05, 4.69) is 19.6 Å². The van der Waals surface area contributed by atoms with Gasteiger partial charge in [-0.05, 0) is 26.2 Å². The molecule has 112 valence electrons. The molecule has 0 spiro atoms. The second kappa shape index (κ2) is 6.49. The van der Waals surface area contributed by atoms with Crippen molar-refractivity contribution in [3.8, 4) is 0 Å². The average Bonchev–Trinajstić information content (AvgIpc) is 2.90. The molecular formula is C13H22N4O2S. The third-order valence-corrected chi connectivity index (χ3v) is 4.77. The Morgan fingerprint density at radius 2 is 2.00 bits per heavy atom. The van der Waals surface area contributed by atoms with Gasteiger partial charge in [-0.3, -0.25) is 0 Å². The summed E-state index contributed by atoms with van der Waals surface area (Å²) in [6.45, 7) is 5.93. The molecule has 0 aliphatic carbocycles. The Balaban J connectivity index is 2.08. The van der Waals surface area contributed by atoms with Gasteiger partial charge in [0.1, 0.15) is 11.6 Å². The highest BCUT2D eigenvalue weighted by atomic mass is 32.2. The molecule has 0 amide bonds. The number of hydrogen-bond acceptors (Lipinski definition) is 5. The van der Waals surface area contributed by atoms with Gasteiger partial charge in [-0.1, -0.05) is 6.92 Å². The fourth-order valence-electron chi connectivity index (χ4n) is 2.31. The summed E-state index contributed by atoms with van der Waals surface area (Å²) in [7, 11) is -3.22. The van der Waals surface area contributed by atoms with Crippen LogP contribution < -0.4 is 9.62 Å². The fourth-order valence-corrected chi connectivity index (χ4v) is 3.35. The number of sulfonamides is 1. The van der Waals surface area contributed by atoms with E-state index in [4.69, 9.17) is 0 Å². The third kappa shape index (κ3) is 4.14. The summed E-state index contributed by atoms with van der Waals surface area (Å²) in [6.07, 6.45) is 2.96. The first-order valence-electron chi connectivity index (χ1n) is 7.07.